The van der Waals surface area contributed by atoms with Gasteiger partial charge in [-0.2, -0.15) is 8.78 Å². The average Bonchev–Trinajstić information content (AvgIpc) is 2.13. The van der Waals surface area contributed by atoms with Crippen molar-refractivity contribution in [1.29, 1.82) is 0 Å². The number of alkyl halides is 2. The molecule has 0 heterocycles. The van der Waals surface area contributed by atoms with Gasteiger partial charge >= 0.3 is 5.92 Å². The normalized spacial score (nSPS) is 16.2. The quantitative estimate of drug-likeness (QED) is 0.675. The van der Waals surface area contributed by atoms with Gasteiger partial charge in [-0.05, 0) is 6.42 Å². The molecular weight excluding hydrogens is 194 g/mol. The second-order valence-electron chi connectivity index (χ2n) is 3.34. The highest BCUT2D eigenvalue weighted by molar-refractivity contribution is 5.83. The minimum atomic E-state index is -3.82. The zero-order chi connectivity index (χ0) is 11.5. The second-order valence-corrected chi connectivity index (χ2v) is 3.34. The van der Waals surface area contributed by atoms with Crippen LogP contribution in [0.5, 0.6) is 0 Å². The van der Waals surface area contributed by atoms with Crippen LogP contribution in [0.3, 0.4) is 0 Å². The van der Waals surface area contributed by atoms with Gasteiger partial charge in [0.2, 0.25) is 0 Å². The predicted molar refractivity (Wildman–Crippen MR) is 47.9 cm³/mol. The Labute approximate surface area is 81.7 Å². The van der Waals surface area contributed by atoms with Gasteiger partial charge in [-0.15, -0.1) is 0 Å². The van der Waals surface area contributed by atoms with Crippen molar-refractivity contribution in [3.8, 4) is 0 Å². The highest BCUT2D eigenvalue weighted by Gasteiger charge is 2.49. The number of carbonyl (C=O) groups is 1. The lowest BCUT2D eigenvalue weighted by molar-refractivity contribution is -0.174. The fraction of sp³-hybridized carbons (Fsp3) is 0.875. The van der Waals surface area contributed by atoms with Gasteiger partial charge in [0.1, 0.15) is 6.10 Å². The van der Waals surface area contributed by atoms with Gasteiger partial charge in [0.25, 0.3) is 5.91 Å². The molecule has 6 heteroatoms. The second kappa shape index (κ2) is 4.65. The van der Waals surface area contributed by atoms with Gasteiger partial charge in [-0.3, -0.25) is 4.79 Å². The molecular formula is C8H16F2N2O2. The summed E-state index contributed by atoms with van der Waals surface area (Å²) < 4.78 is 26.4. The number of carbonyl (C=O) groups excluding carboxylic acids is 1. The molecule has 14 heavy (non-hydrogen) atoms. The first-order valence-electron chi connectivity index (χ1n) is 4.28. The van der Waals surface area contributed by atoms with Crippen LogP contribution in [0.1, 0.15) is 13.3 Å². The molecule has 0 aromatic heterocycles. The van der Waals surface area contributed by atoms with Crippen LogP contribution in [0.25, 0.3) is 0 Å². The van der Waals surface area contributed by atoms with E-state index in [1.807, 2.05) is 0 Å². The lowest BCUT2D eigenvalue weighted by Crippen LogP contribution is -2.54. The summed E-state index contributed by atoms with van der Waals surface area (Å²) in [5.41, 5.74) is 5.24. The summed E-state index contributed by atoms with van der Waals surface area (Å²) in [5.74, 6) is -5.26. The first-order valence-corrected chi connectivity index (χ1v) is 4.28. The van der Waals surface area contributed by atoms with Gasteiger partial charge in [0.15, 0.2) is 0 Å². The molecule has 0 fully saturated rings. The van der Waals surface area contributed by atoms with E-state index in [0.29, 0.717) is 0 Å². The van der Waals surface area contributed by atoms with E-state index in [4.69, 9.17) is 10.8 Å². The van der Waals surface area contributed by atoms with E-state index in [0.717, 1.165) is 4.90 Å². The minimum absolute atomic E-state index is 0.178. The fourth-order valence-corrected chi connectivity index (χ4v) is 0.917. The number of nitrogens with two attached hydrogens (primary N) is 1. The minimum Gasteiger partial charge on any atom is -0.385 e. The molecule has 3 N–H and O–H groups in total. The Hall–Kier alpha value is -0.750. The molecule has 0 saturated heterocycles. The van der Waals surface area contributed by atoms with Crippen LogP contribution in [-0.4, -0.2) is 48.1 Å². The van der Waals surface area contributed by atoms with Crippen molar-refractivity contribution in [2.24, 2.45) is 5.73 Å². The molecule has 0 aromatic carbocycles. The number of halogens is 2. The Kier molecular flexibility index (Phi) is 4.41. The Morgan fingerprint density at radius 2 is 2.00 bits per heavy atom. The van der Waals surface area contributed by atoms with E-state index in [1.54, 1.807) is 6.92 Å². The number of rotatable bonds is 4. The average molecular weight is 210 g/mol. The molecule has 0 aliphatic carbocycles. The summed E-state index contributed by atoms with van der Waals surface area (Å²) in [6, 6.07) is -1.10. The van der Waals surface area contributed by atoms with E-state index >= 15 is 0 Å². The summed E-state index contributed by atoms with van der Waals surface area (Å²) >= 11 is 0. The van der Waals surface area contributed by atoms with Crippen LogP contribution >= 0.6 is 0 Å². The van der Waals surface area contributed by atoms with E-state index in [1.165, 1.54) is 14.1 Å². The highest BCUT2D eigenvalue weighted by atomic mass is 19.3. The zero-order valence-corrected chi connectivity index (χ0v) is 8.50. The number of hydrogen-bond acceptors (Lipinski definition) is 3. The van der Waals surface area contributed by atoms with Gasteiger partial charge in [0, 0.05) is 20.1 Å². The van der Waals surface area contributed by atoms with E-state index in [-0.39, 0.29) is 6.42 Å². The number of aliphatic hydroxyl groups excluding tert-OH is 1. The summed E-state index contributed by atoms with van der Waals surface area (Å²) in [7, 11) is 2.39. The van der Waals surface area contributed by atoms with E-state index in [2.05, 4.69) is 0 Å². The first-order chi connectivity index (χ1) is 6.25. The molecule has 0 rings (SSSR count). The third-order valence-corrected chi connectivity index (χ3v) is 1.94. The lowest BCUT2D eigenvalue weighted by atomic mass is 10.0. The third kappa shape index (κ3) is 2.62. The third-order valence-electron chi connectivity index (χ3n) is 1.94. The van der Waals surface area contributed by atoms with E-state index < -0.39 is 24.0 Å². The van der Waals surface area contributed by atoms with Crippen molar-refractivity contribution >= 4 is 5.91 Å². The summed E-state index contributed by atoms with van der Waals surface area (Å²) in [4.78, 5) is 11.7. The van der Waals surface area contributed by atoms with Crippen LogP contribution in [0, 0.1) is 0 Å². The van der Waals surface area contributed by atoms with Crippen molar-refractivity contribution in [2.75, 3.05) is 14.1 Å². The lowest BCUT2D eigenvalue weighted by Gasteiger charge is -2.27. The molecule has 4 nitrogen and oxygen atoms in total. The maximum absolute atomic E-state index is 13.2. The van der Waals surface area contributed by atoms with Gasteiger partial charge in [-0.1, -0.05) is 6.92 Å². The molecule has 2 atom stereocenters. The first kappa shape index (κ1) is 13.2. The number of amides is 1. The molecule has 0 aliphatic heterocycles. The SMILES string of the molecule is CCC(N)C(O)C(F)(F)C(=O)N(C)C. The number of hydrogen-bond donors (Lipinski definition) is 2. The topological polar surface area (TPSA) is 66.6 Å². The molecule has 1 amide bonds. The molecule has 84 valence electrons. The Bertz CT molecular complexity index is 210. The summed E-state index contributed by atoms with van der Waals surface area (Å²) in [6.07, 6.45) is -1.96. The molecule has 0 aliphatic rings. The highest BCUT2D eigenvalue weighted by Crippen LogP contribution is 2.23. The smallest absolute Gasteiger partial charge is 0.351 e. The molecule has 0 aromatic rings. The molecule has 2 unspecified atom stereocenters. The fourth-order valence-electron chi connectivity index (χ4n) is 0.917. The van der Waals surface area contributed by atoms with Crippen molar-refractivity contribution in [2.45, 2.75) is 31.4 Å². The van der Waals surface area contributed by atoms with Crippen molar-refractivity contribution in [1.82, 2.24) is 4.90 Å². The van der Waals surface area contributed by atoms with Gasteiger partial charge in [0.05, 0.1) is 0 Å². The number of aliphatic hydroxyl groups is 1. The molecule has 0 bridgehead atoms. The van der Waals surface area contributed by atoms with Gasteiger partial charge < -0.3 is 15.7 Å². The summed E-state index contributed by atoms with van der Waals surface area (Å²) in [6.45, 7) is 1.56. The Balaban J connectivity index is 4.68. The van der Waals surface area contributed by atoms with Gasteiger partial charge in [-0.25, -0.2) is 0 Å². The van der Waals surface area contributed by atoms with Crippen LogP contribution in [0.4, 0.5) is 8.78 Å². The van der Waals surface area contributed by atoms with Crippen LogP contribution < -0.4 is 5.73 Å². The van der Waals surface area contributed by atoms with Crippen LogP contribution in [0.2, 0.25) is 0 Å². The summed E-state index contributed by atoms with van der Waals surface area (Å²) in [5, 5.41) is 9.14. The maximum Gasteiger partial charge on any atom is 0.351 e. The van der Waals surface area contributed by atoms with Crippen molar-refractivity contribution in [3.05, 3.63) is 0 Å². The van der Waals surface area contributed by atoms with E-state index in [9.17, 15) is 13.6 Å². The van der Waals surface area contributed by atoms with Crippen LogP contribution in [0.15, 0.2) is 0 Å². The Morgan fingerprint density at radius 3 is 2.29 bits per heavy atom. The zero-order valence-electron chi connectivity index (χ0n) is 8.50. The monoisotopic (exact) mass is 210 g/mol. The number of nitrogens with zero attached hydrogens (tertiary/aromatic N) is 1. The molecule has 0 radical (unpaired) electrons. The van der Waals surface area contributed by atoms with Crippen molar-refractivity contribution in [3.63, 3.8) is 0 Å². The standard InChI is InChI=1S/C8H16F2N2O2/c1-4-5(11)6(13)8(9,10)7(14)12(2)3/h5-6,13H,4,11H2,1-3H3. The maximum atomic E-state index is 13.2. The van der Waals surface area contributed by atoms with Crippen LogP contribution in [-0.2, 0) is 4.79 Å². The molecule has 0 saturated carbocycles. The Morgan fingerprint density at radius 1 is 1.57 bits per heavy atom. The largest absolute Gasteiger partial charge is 0.385 e. The predicted octanol–water partition coefficient (Wildman–Crippen LogP) is -0.192. The molecule has 0 spiro atoms. The van der Waals surface area contributed by atoms with Crippen molar-refractivity contribution < 1.29 is 18.7 Å².